The summed E-state index contributed by atoms with van der Waals surface area (Å²) in [4.78, 5) is 16.5. The fourth-order valence-electron chi connectivity index (χ4n) is 1.84. The molecule has 0 atom stereocenters. The van der Waals surface area contributed by atoms with E-state index in [4.69, 9.17) is 14.2 Å². The van der Waals surface area contributed by atoms with Gasteiger partial charge in [-0.25, -0.2) is 4.98 Å². The second-order valence-corrected chi connectivity index (χ2v) is 4.35. The fourth-order valence-corrected chi connectivity index (χ4v) is 1.84. The maximum absolute atomic E-state index is 12.4. The van der Waals surface area contributed by atoms with Gasteiger partial charge in [0, 0.05) is 13.3 Å². The Morgan fingerprint density at radius 2 is 1.95 bits per heavy atom. The van der Waals surface area contributed by atoms with Crippen molar-refractivity contribution in [3.8, 4) is 11.6 Å². The molecule has 6 nitrogen and oxygen atoms in total. The molecule has 1 heterocycles. The van der Waals surface area contributed by atoms with E-state index in [1.54, 1.807) is 44.7 Å². The molecule has 0 saturated heterocycles. The summed E-state index contributed by atoms with van der Waals surface area (Å²) in [5.41, 5.74) is 0.936. The van der Waals surface area contributed by atoms with Crippen LogP contribution in [-0.2, 0) is 4.74 Å². The van der Waals surface area contributed by atoms with E-state index in [0.717, 1.165) is 0 Å². The summed E-state index contributed by atoms with van der Waals surface area (Å²) in [6.45, 7) is 0.743. The van der Waals surface area contributed by atoms with E-state index in [9.17, 15) is 4.79 Å². The van der Waals surface area contributed by atoms with Crippen molar-refractivity contribution in [3.63, 3.8) is 0 Å². The van der Waals surface area contributed by atoms with Crippen molar-refractivity contribution in [3.05, 3.63) is 48.2 Å². The van der Waals surface area contributed by atoms with Crippen LogP contribution in [0, 0.1) is 0 Å². The third kappa shape index (κ3) is 3.95. The molecule has 2 aromatic rings. The van der Waals surface area contributed by atoms with Crippen LogP contribution in [-0.4, -0.2) is 38.3 Å². The minimum absolute atomic E-state index is 0.270. The Morgan fingerprint density at radius 1 is 1.14 bits per heavy atom. The van der Waals surface area contributed by atoms with Crippen LogP contribution < -0.4 is 14.8 Å². The molecule has 0 saturated carbocycles. The molecule has 0 fully saturated rings. The van der Waals surface area contributed by atoms with Crippen LogP contribution in [0.5, 0.6) is 11.6 Å². The number of pyridine rings is 1. The number of hydrogen-bond donors (Lipinski definition) is 1. The predicted molar refractivity (Wildman–Crippen MR) is 82.6 cm³/mol. The Balaban J connectivity index is 2.15. The van der Waals surface area contributed by atoms with E-state index in [1.165, 1.54) is 0 Å². The van der Waals surface area contributed by atoms with Gasteiger partial charge in [-0.15, -0.1) is 0 Å². The molecule has 0 spiro atoms. The average Bonchev–Trinajstić information content (AvgIpc) is 2.56. The highest BCUT2D eigenvalue weighted by atomic mass is 16.5. The molecule has 1 N–H and O–H groups in total. The number of carbonyl (C=O) groups is 1. The molecule has 0 unspecified atom stereocenters. The highest BCUT2D eigenvalue weighted by molar-refractivity contribution is 6.06. The molecule has 0 aliphatic heterocycles. The Morgan fingerprint density at radius 3 is 2.73 bits per heavy atom. The molecule has 0 radical (unpaired) electrons. The zero-order chi connectivity index (χ0) is 15.8. The second-order valence-electron chi connectivity index (χ2n) is 4.35. The van der Waals surface area contributed by atoms with Crippen molar-refractivity contribution >= 4 is 11.6 Å². The fraction of sp³-hybridized carbons (Fsp3) is 0.250. The number of para-hydroxylation sites is 2. The van der Waals surface area contributed by atoms with Gasteiger partial charge in [0.15, 0.2) is 0 Å². The van der Waals surface area contributed by atoms with E-state index in [0.29, 0.717) is 30.2 Å². The number of carbonyl (C=O) groups excluding carboxylic acids is 1. The minimum Gasteiger partial charge on any atom is -0.495 e. The quantitative estimate of drug-likeness (QED) is 0.795. The number of hydrogen-bond acceptors (Lipinski definition) is 5. The smallest absolute Gasteiger partial charge is 0.261 e. The number of nitrogens with zero attached hydrogens (tertiary/aromatic N) is 1. The van der Waals surface area contributed by atoms with E-state index in [1.807, 2.05) is 12.1 Å². The number of benzene rings is 1. The van der Waals surface area contributed by atoms with Gasteiger partial charge in [0.1, 0.15) is 17.9 Å². The second kappa shape index (κ2) is 7.99. The third-order valence-corrected chi connectivity index (χ3v) is 2.90. The summed E-state index contributed by atoms with van der Waals surface area (Å²) in [6.07, 6.45) is 1.57. The molecule has 0 bridgehead atoms. The first-order chi connectivity index (χ1) is 10.8. The maximum atomic E-state index is 12.4. The largest absolute Gasteiger partial charge is 0.495 e. The lowest BCUT2D eigenvalue weighted by Crippen LogP contribution is -2.16. The van der Waals surface area contributed by atoms with E-state index >= 15 is 0 Å². The van der Waals surface area contributed by atoms with E-state index < -0.39 is 0 Å². The number of aromatic nitrogens is 1. The Bertz CT molecular complexity index is 631. The van der Waals surface area contributed by atoms with Crippen LogP contribution in [0.4, 0.5) is 5.69 Å². The summed E-state index contributed by atoms with van der Waals surface area (Å²) in [6, 6.07) is 10.5. The Labute approximate surface area is 129 Å². The molecule has 2 rings (SSSR count). The Hall–Kier alpha value is -2.60. The zero-order valence-corrected chi connectivity index (χ0v) is 12.5. The van der Waals surface area contributed by atoms with Gasteiger partial charge in [0.05, 0.1) is 19.4 Å². The van der Waals surface area contributed by atoms with Crippen LogP contribution in [0.2, 0.25) is 0 Å². The first kappa shape index (κ1) is 15.8. The van der Waals surface area contributed by atoms with Gasteiger partial charge in [0.2, 0.25) is 5.88 Å². The molecular formula is C16H18N2O4. The van der Waals surface area contributed by atoms with Gasteiger partial charge in [0.25, 0.3) is 5.91 Å². The highest BCUT2D eigenvalue weighted by Gasteiger charge is 2.15. The topological polar surface area (TPSA) is 69.7 Å². The number of methoxy groups -OCH3 is 2. The minimum atomic E-state index is -0.315. The normalized spacial score (nSPS) is 10.1. The summed E-state index contributed by atoms with van der Waals surface area (Å²) in [7, 11) is 3.13. The number of anilines is 1. The van der Waals surface area contributed by atoms with Gasteiger partial charge in [-0.05, 0) is 24.3 Å². The molecule has 1 aromatic heterocycles. The molecule has 1 aromatic carbocycles. The number of ether oxygens (including phenoxy) is 3. The molecule has 0 aliphatic rings. The standard InChI is InChI=1S/C16H18N2O4/c1-20-10-11-22-16-12(6-5-9-17-16)15(19)18-13-7-3-4-8-14(13)21-2/h3-9H,10-11H2,1-2H3,(H,18,19). The predicted octanol–water partition coefficient (Wildman–Crippen LogP) is 2.37. The van der Waals surface area contributed by atoms with Gasteiger partial charge >= 0.3 is 0 Å². The van der Waals surface area contributed by atoms with Crippen LogP contribution >= 0.6 is 0 Å². The van der Waals surface area contributed by atoms with E-state index in [2.05, 4.69) is 10.3 Å². The average molecular weight is 302 g/mol. The number of nitrogens with one attached hydrogen (secondary N) is 1. The van der Waals surface area contributed by atoms with Gasteiger partial charge in [-0.2, -0.15) is 0 Å². The van der Waals surface area contributed by atoms with Crippen molar-refractivity contribution in [2.24, 2.45) is 0 Å². The number of amides is 1. The van der Waals surface area contributed by atoms with Crippen molar-refractivity contribution in [1.82, 2.24) is 4.98 Å². The van der Waals surface area contributed by atoms with Crippen molar-refractivity contribution in [2.45, 2.75) is 0 Å². The molecule has 116 valence electrons. The first-order valence-corrected chi connectivity index (χ1v) is 6.77. The van der Waals surface area contributed by atoms with Gasteiger partial charge in [-0.3, -0.25) is 4.79 Å². The summed E-state index contributed by atoms with van der Waals surface area (Å²) in [5.74, 6) is 0.540. The lowest BCUT2D eigenvalue weighted by molar-refractivity contribution is 0.101. The monoisotopic (exact) mass is 302 g/mol. The van der Waals surface area contributed by atoms with Crippen molar-refractivity contribution < 1.29 is 19.0 Å². The van der Waals surface area contributed by atoms with Gasteiger partial charge in [-0.1, -0.05) is 12.1 Å². The third-order valence-electron chi connectivity index (χ3n) is 2.90. The zero-order valence-electron chi connectivity index (χ0n) is 12.5. The number of rotatable bonds is 7. The molecule has 1 amide bonds. The Kier molecular flexibility index (Phi) is 5.73. The highest BCUT2D eigenvalue weighted by Crippen LogP contribution is 2.24. The van der Waals surface area contributed by atoms with Crippen molar-refractivity contribution in [1.29, 1.82) is 0 Å². The van der Waals surface area contributed by atoms with Crippen molar-refractivity contribution in [2.75, 3.05) is 32.8 Å². The SMILES string of the molecule is COCCOc1ncccc1C(=O)Nc1ccccc1OC. The van der Waals surface area contributed by atoms with Crippen LogP contribution in [0.15, 0.2) is 42.6 Å². The summed E-state index contributed by atoms with van der Waals surface area (Å²) >= 11 is 0. The van der Waals surface area contributed by atoms with Crippen LogP contribution in [0.3, 0.4) is 0 Å². The maximum Gasteiger partial charge on any atom is 0.261 e. The lowest BCUT2D eigenvalue weighted by atomic mass is 10.2. The molecule has 22 heavy (non-hydrogen) atoms. The van der Waals surface area contributed by atoms with E-state index in [-0.39, 0.29) is 11.8 Å². The lowest BCUT2D eigenvalue weighted by Gasteiger charge is -2.12. The summed E-state index contributed by atoms with van der Waals surface area (Å²) < 4.78 is 15.6. The van der Waals surface area contributed by atoms with Crippen LogP contribution in [0.25, 0.3) is 0 Å². The van der Waals surface area contributed by atoms with Crippen LogP contribution in [0.1, 0.15) is 10.4 Å². The molecule has 0 aliphatic carbocycles. The first-order valence-electron chi connectivity index (χ1n) is 6.77. The summed E-state index contributed by atoms with van der Waals surface area (Å²) in [5, 5.41) is 2.79. The molecule has 6 heteroatoms. The molecular weight excluding hydrogens is 284 g/mol. The van der Waals surface area contributed by atoms with Gasteiger partial charge < -0.3 is 19.5 Å².